The first-order chi connectivity index (χ1) is 13.5. The molecule has 0 fully saturated rings. The first-order valence-electron chi connectivity index (χ1n) is 8.76. The van der Waals surface area contributed by atoms with Crippen LogP contribution in [-0.4, -0.2) is 24.0 Å². The molecule has 142 valence electrons. The number of carbonyl (C=O) groups is 2. The summed E-state index contributed by atoms with van der Waals surface area (Å²) in [6.45, 7) is 4.07. The van der Waals surface area contributed by atoms with Crippen molar-refractivity contribution in [2.45, 2.75) is 13.8 Å². The molecule has 1 heterocycles. The molecule has 1 aromatic heterocycles. The minimum atomic E-state index is -0.425. The zero-order valence-corrected chi connectivity index (χ0v) is 15.9. The number of methoxy groups -OCH3 is 1. The molecule has 0 saturated heterocycles. The van der Waals surface area contributed by atoms with Gasteiger partial charge in [0.25, 0.3) is 5.91 Å². The van der Waals surface area contributed by atoms with Gasteiger partial charge in [-0.05, 0) is 67.4 Å². The highest BCUT2D eigenvalue weighted by molar-refractivity contribution is 6.03. The number of rotatable bonds is 5. The number of carbonyl (C=O) groups excluding carboxylic acids is 2. The normalized spacial score (nSPS) is 10.2. The lowest BCUT2D eigenvalue weighted by Gasteiger charge is -2.11. The number of hydrogen-bond acceptors (Lipinski definition) is 5. The van der Waals surface area contributed by atoms with Gasteiger partial charge in [0.05, 0.1) is 24.6 Å². The van der Waals surface area contributed by atoms with E-state index in [4.69, 9.17) is 0 Å². The SMILES string of the molecule is COC(=O)c1ccc(NC(=O)c2ccc(Nc3cc(C)ccc3C)cn2)cc1. The lowest BCUT2D eigenvalue weighted by molar-refractivity contribution is 0.0600. The van der Waals surface area contributed by atoms with Crippen molar-refractivity contribution >= 4 is 28.9 Å². The minimum absolute atomic E-state index is 0.295. The van der Waals surface area contributed by atoms with Crippen molar-refractivity contribution in [3.05, 3.63) is 83.2 Å². The third-order valence-electron chi connectivity index (χ3n) is 4.23. The molecule has 1 amide bonds. The topological polar surface area (TPSA) is 80.3 Å². The van der Waals surface area contributed by atoms with Crippen LogP contribution in [0.15, 0.2) is 60.8 Å². The smallest absolute Gasteiger partial charge is 0.337 e. The van der Waals surface area contributed by atoms with Crippen LogP contribution in [0.25, 0.3) is 0 Å². The van der Waals surface area contributed by atoms with Crippen LogP contribution in [0.4, 0.5) is 17.1 Å². The average molecular weight is 375 g/mol. The van der Waals surface area contributed by atoms with Gasteiger partial charge in [-0.15, -0.1) is 0 Å². The lowest BCUT2D eigenvalue weighted by Crippen LogP contribution is -2.13. The second-order valence-electron chi connectivity index (χ2n) is 6.40. The van der Waals surface area contributed by atoms with E-state index in [1.54, 1.807) is 36.5 Å². The van der Waals surface area contributed by atoms with Crippen LogP contribution in [0.3, 0.4) is 0 Å². The Hall–Kier alpha value is -3.67. The highest BCUT2D eigenvalue weighted by Gasteiger charge is 2.10. The highest BCUT2D eigenvalue weighted by Crippen LogP contribution is 2.21. The first kappa shape index (κ1) is 19.1. The molecule has 6 nitrogen and oxygen atoms in total. The zero-order valence-electron chi connectivity index (χ0n) is 15.9. The number of ether oxygens (including phenoxy) is 1. The van der Waals surface area contributed by atoms with Crippen molar-refractivity contribution in [2.75, 3.05) is 17.7 Å². The second-order valence-corrected chi connectivity index (χ2v) is 6.40. The second kappa shape index (κ2) is 8.35. The molecule has 3 aromatic rings. The molecule has 0 aliphatic carbocycles. The van der Waals surface area contributed by atoms with Crippen LogP contribution in [0.5, 0.6) is 0 Å². The number of aryl methyl sites for hydroxylation is 2. The summed E-state index contributed by atoms with van der Waals surface area (Å²) < 4.78 is 4.65. The number of esters is 1. The molecule has 0 unspecified atom stereocenters. The number of pyridine rings is 1. The summed E-state index contributed by atoms with van der Waals surface area (Å²) in [6.07, 6.45) is 1.62. The number of hydrogen-bond donors (Lipinski definition) is 2. The van der Waals surface area contributed by atoms with Gasteiger partial charge < -0.3 is 15.4 Å². The Morgan fingerprint density at radius 2 is 1.64 bits per heavy atom. The summed E-state index contributed by atoms with van der Waals surface area (Å²) >= 11 is 0. The van der Waals surface area contributed by atoms with E-state index < -0.39 is 5.97 Å². The summed E-state index contributed by atoms with van der Waals surface area (Å²) in [6, 6.07) is 16.1. The molecule has 2 N–H and O–H groups in total. The Kier molecular flexibility index (Phi) is 5.69. The Labute approximate surface area is 163 Å². The van der Waals surface area contributed by atoms with Crippen LogP contribution in [-0.2, 0) is 4.74 Å². The van der Waals surface area contributed by atoms with Crippen molar-refractivity contribution in [1.82, 2.24) is 4.98 Å². The zero-order chi connectivity index (χ0) is 20.1. The predicted molar refractivity (Wildman–Crippen MR) is 109 cm³/mol. The van der Waals surface area contributed by atoms with Crippen molar-refractivity contribution in [1.29, 1.82) is 0 Å². The minimum Gasteiger partial charge on any atom is -0.465 e. The third kappa shape index (κ3) is 4.54. The predicted octanol–water partition coefficient (Wildman–Crippen LogP) is 4.48. The van der Waals surface area contributed by atoms with E-state index in [0.29, 0.717) is 16.9 Å². The molecule has 28 heavy (non-hydrogen) atoms. The standard InChI is InChI=1S/C22H21N3O3/c1-14-4-5-15(2)20(12-14)24-18-10-11-19(23-13-18)21(26)25-17-8-6-16(7-9-17)22(27)28-3/h4-13,24H,1-3H3,(H,25,26). The number of anilines is 3. The highest BCUT2D eigenvalue weighted by atomic mass is 16.5. The number of nitrogens with one attached hydrogen (secondary N) is 2. The Morgan fingerprint density at radius 3 is 2.29 bits per heavy atom. The summed E-state index contributed by atoms with van der Waals surface area (Å²) in [7, 11) is 1.32. The molecule has 3 rings (SSSR count). The number of amides is 1. The fourth-order valence-electron chi connectivity index (χ4n) is 2.63. The van der Waals surface area contributed by atoms with Crippen molar-refractivity contribution in [3.63, 3.8) is 0 Å². The van der Waals surface area contributed by atoms with Crippen LogP contribution >= 0.6 is 0 Å². The van der Waals surface area contributed by atoms with Gasteiger partial charge in [0.1, 0.15) is 5.69 Å². The maximum absolute atomic E-state index is 12.4. The summed E-state index contributed by atoms with van der Waals surface area (Å²) in [5.41, 5.74) is 5.37. The van der Waals surface area contributed by atoms with Gasteiger partial charge in [0.2, 0.25) is 0 Å². The van der Waals surface area contributed by atoms with E-state index in [2.05, 4.69) is 38.6 Å². The van der Waals surface area contributed by atoms with E-state index in [9.17, 15) is 9.59 Å². The number of nitrogens with zero attached hydrogens (tertiary/aromatic N) is 1. The van der Waals surface area contributed by atoms with Gasteiger partial charge in [-0.2, -0.15) is 0 Å². The average Bonchev–Trinajstić information content (AvgIpc) is 2.71. The molecule has 2 aromatic carbocycles. The largest absolute Gasteiger partial charge is 0.465 e. The fourth-order valence-corrected chi connectivity index (χ4v) is 2.63. The van der Waals surface area contributed by atoms with Crippen molar-refractivity contribution in [2.24, 2.45) is 0 Å². The molecule has 0 aliphatic heterocycles. The lowest BCUT2D eigenvalue weighted by atomic mass is 10.1. The first-order valence-corrected chi connectivity index (χ1v) is 8.76. The fraction of sp³-hybridized carbons (Fsp3) is 0.136. The molecule has 0 radical (unpaired) electrons. The van der Waals surface area contributed by atoms with E-state index in [1.165, 1.54) is 7.11 Å². The monoisotopic (exact) mass is 375 g/mol. The van der Waals surface area contributed by atoms with Crippen LogP contribution in [0, 0.1) is 13.8 Å². The van der Waals surface area contributed by atoms with E-state index in [0.717, 1.165) is 22.5 Å². The van der Waals surface area contributed by atoms with E-state index >= 15 is 0 Å². The van der Waals surface area contributed by atoms with Crippen LogP contribution < -0.4 is 10.6 Å². The third-order valence-corrected chi connectivity index (χ3v) is 4.23. The Balaban J connectivity index is 1.66. The molecule has 0 bridgehead atoms. The van der Waals surface area contributed by atoms with Gasteiger partial charge >= 0.3 is 5.97 Å². The Morgan fingerprint density at radius 1 is 0.929 bits per heavy atom. The molecule has 0 spiro atoms. The van der Waals surface area contributed by atoms with Crippen LogP contribution in [0.2, 0.25) is 0 Å². The maximum atomic E-state index is 12.4. The Bertz CT molecular complexity index is 997. The molecular formula is C22H21N3O3. The molecule has 0 saturated carbocycles. The summed E-state index contributed by atoms with van der Waals surface area (Å²) in [5.74, 6) is -0.754. The molecule has 6 heteroatoms. The number of benzene rings is 2. The van der Waals surface area contributed by atoms with Gasteiger partial charge in [-0.25, -0.2) is 9.78 Å². The molecule has 0 atom stereocenters. The molecular weight excluding hydrogens is 354 g/mol. The van der Waals surface area contributed by atoms with Gasteiger partial charge in [-0.3, -0.25) is 4.79 Å². The maximum Gasteiger partial charge on any atom is 0.337 e. The molecule has 0 aliphatic rings. The van der Waals surface area contributed by atoms with Crippen molar-refractivity contribution < 1.29 is 14.3 Å². The summed E-state index contributed by atoms with van der Waals surface area (Å²) in [4.78, 5) is 28.1. The number of aromatic nitrogens is 1. The van der Waals surface area contributed by atoms with Gasteiger partial charge in [-0.1, -0.05) is 12.1 Å². The van der Waals surface area contributed by atoms with E-state index in [1.807, 2.05) is 19.9 Å². The quantitative estimate of drug-likeness (QED) is 0.643. The van der Waals surface area contributed by atoms with Gasteiger partial charge in [0, 0.05) is 11.4 Å². The van der Waals surface area contributed by atoms with E-state index in [-0.39, 0.29) is 5.91 Å². The van der Waals surface area contributed by atoms with Gasteiger partial charge in [0.15, 0.2) is 0 Å². The van der Waals surface area contributed by atoms with Crippen LogP contribution in [0.1, 0.15) is 32.0 Å². The van der Waals surface area contributed by atoms with Crippen molar-refractivity contribution in [3.8, 4) is 0 Å². The summed E-state index contributed by atoms with van der Waals surface area (Å²) in [5, 5.41) is 6.07.